The lowest BCUT2D eigenvalue weighted by Crippen LogP contribution is -2.42. The number of benzene rings is 1. The van der Waals surface area contributed by atoms with Gasteiger partial charge in [0.1, 0.15) is 0 Å². The van der Waals surface area contributed by atoms with E-state index >= 15 is 0 Å². The minimum atomic E-state index is 0.725. The maximum Gasteiger partial charge on any atom is 0.175 e. The molecule has 2 heterocycles. The zero-order chi connectivity index (χ0) is 13.1. The first-order chi connectivity index (χ1) is 9.33. The second kappa shape index (κ2) is 6.11. The molecule has 0 saturated carbocycles. The molecule has 4 nitrogen and oxygen atoms in total. The van der Waals surface area contributed by atoms with Crippen molar-refractivity contribution in [3.8, 4) is 11.5 Å². The van der Waals surface area contributed by atoms with Gasteiger partial charge < -0.3 is 14.8 Å². The van der Waals surface area contributed by atoms with E-state index in [1.807, 2.05) is 0 Å². The molecule has 0 atom stereocenters. The topological polar surface area (TPSA) is 33.7 Å². The molecule has 1 saturated heterocycles. The Morgan fingerprint density at radius 2 is 1.95 bits per heavy atom. The van der Waals surface area contributed by atoms with Crippen molar-refractivity contribution in [3.05, 3.63) is 22.2 Å². The number of ether oxygens (including phenoxy) is 2. The molecule has 0 amide bonds. The first-order valence-electron chi connectivity index (χ1n) is 6.84. The Bertz CT molecular complexity index is 447. The van der Waals surface area contributed by atoms with Crippen molar-refractivity contribution in [2.45, 2.75) is 13.0 Å². The van der Waals surface area contributed by atoms with Crippen molar-refractivity contribution in [2.24, 2.45) is 0 Å². The predicted molar refractivity (Wildman–Crippen MR) is 77.9 cm³/mol. The van der Waals surface area contributed by atoms with Crippen molar-refractivity contribution >= 4 is 15.9 Å². The third-order valence-electron chi connectivity index (χ3n) is 3.48. The average molecular weight is 327 g/mol. The van der Waals surface area contributed by atoms with Gasteiger partial charge in [-0.2, -0.15) is 0 Å². The van der Waals surface area contributed by atoms with Crippen LogP contribution in [0.5, 0.6) is 11.5 Å². The van der Waals surface area contributed by atoms with Gasteiger partial charge in [0.05, 0.1) is 17.7 Å². The van der Waals surface area contributed by atoms with Gasteiger partial charge in [0.25, 0.3) is 0 Å². The molecule has 1 fully saturated rings. The lowest BCUT2D eigenvalue weighted by molar-refractivity contribution is 0.232. The van der Waals surface area contributed by atoms with Gasteiger partial charge in [-0.15, -0.1) is 0 Å². The lowest BCUT2D eigenvalue weighted by Gasteiger charge is -2.27. The largest absolute Gasteiger partial charge is 0.490 e. The highest BCUT2D eigenvalue weighted by atomic mass is 79.9. The summed E-state index contributed by atoms with van der Waals surface area (Å²) in [4.78, 5) is 2.46. The monoisotopic (exact) mass is 326 g/mol. The number of halogens is 1. The van der Waals surface area contributed by atoms with Crippen LogP contribution in [0.15, 0.2) is 16.6 Å². The van der Waals surface area contributed by atoms with E-state index in [1.165, 1.54) is 5.56 Å². The van der Waals surface area contributed by atoms with E-state index in [-0.39, 0.29) is 0 Å². The Morgan fingerprint density at radius 1 is 1.16 bits per heavy atom. The number of hydrogen-bond acceptors (Lipinski definition) is 4. The molecule has 5 heteroatoms. The van der Waals surface area contributed by atoms with Crippen molar-refractivity contribution in [1.29, 1.82) is 0 Å². The van der Waals surface area contributed by atoms with Gasteiger partial charge in [-0.05, 0) is 33.6 Å². The zero-order valence-corrected chi connectivity index (χ0v) is 12.5. The fourth-order valence-corrected chi connectivity index (χ4v) is 3.11. The Morgan fingerprint density at radius 3 is 2.79 bits per heavy atom. The van der Waals surface area contributed by atoms with Crippen LogP contribution in [-0.2, 0) is 6.54 Å². The van der Waals surface area contributed by atoms with E-state index in [1.54, 1.807) is 0 Å². The van der Waals surface area contributed by atoms with Crippen LogP contribution >= 0.6 is 15.9 Å². The van der Waals surface area contributed by atoms with E-state index in [0.717, 1.165) is 68.3 Å². The van der Waals surface area contributed by atoms with E-state index in [4.69, 9.17) is 9.47 Å². The van der Waals surface area contributed by atoms with Gasteiger partial charge in [-0.3, -0.25) is 4.90 Å². The number of hydrogen-bond donors (Lipinski definition) is 1. The molecule has 1 aromatic carbocycles. The molecule has 0 unspecified atom stereocenters. The van der Waals surface area contributed by atoms with Gasteiger partial charge in [0, 0.05) is 39.1 Å². The van der Waals surface area contributed by atoms with Crippen LogP contribution in [0.25, 0.3) is 0 Å². The summed E-state index contributed by atoms with van der Waals surface area (Å²) in [6.45, 7) is 6.78. The Kier molecular flexibility index (Phi) is 4.25. The molecule has 0 radical (unpaired) electrons. The number of rotatable bonds is 2. The molecule has 2 aliphatic heterocycles. The molecule has 2 aliphatic rings. The molecule has 1 N–H and O–H groups in total. The SMILES string of the molecule is Brc1cc(CN2CCNCC2)cc2c1OCCCO2. The average Bonchev–Trinajstić information content (AvgIpc) is 2.65. The van der Waals surface area contributed by atoms with Crippen molar-refractivity contribution in [3.63, 3.8) is 0 Å². The van der Waals surface area contributed by atoms with Crippen LogP contribution in [0, 0.1) is 0 Å². The smallest absolute Gasteiger partial charge is 0.175 e. The molecule has 3 rings (SSSR count). The second-order valence-electron chi connectivity index (χ2n) is 4.98. The van der Waals surface area contributed by atoms with Crippen LogP contribution in [0.1, 0.15) is 12.0 Å². The Hall–Kier alpha value is -0.780. The summed E-state index contributed by atoms with van der Waals surface area (Å²) >= 11 is 3.60. The summed E-state index contributed by atoms with van der Waals surface area (Å²) in [7, 11) is 0. The highest BCUT2D eigenvalue weighted by molar-refractivity contribution is 9.10. The Balaban J connectivity index is 1.78. The van der Waals surface area contributed by atoms with E-state index in [2.05, 4.69) is 38.3 Å². The van der Waals surface area contributed by atoms with Crippen molar-refractivity contribution < 1.29 is 9.47 Å². The standard InChI is InChI=1S/C14H19BrN2O2/c15-12-8-11(10-17-4-2-16-3-5-17)9-13-14(12)19-7-1-6-18-13/h8-9,16H,1-7,10H2. The molecule has 0 spiro atoms. The van der Waals surface area contributed by atoms with Crippen LogP contribution in [-0.4, -0.2) is 44.3 Å². The summed E-state index contributed by atoms with van der Waals surface area (Å²) in [6.07, 6.45) is 0.939. The van der Waals surface area contributed by atoms with Gasteiger partial charge in [0.2, 0.25) is 0 Å². The van der Waals surface area contributed by atoms with Crippen molar-refractivity contribution in [1.82, 2.24) is 10.2 Å². The predicted octanol–water partition coefficient (Wildman–Crippen LogP) is 2.02. The highest BCUT2D eigenvalue weighted by Gasteiger charge is 2.17. The fraction of sp³-hybridized carbons (Fsp3) is 0.571. The third-order valence-corrected chi connectivity index (χ3v) is 4.07. The lowest BCUT2D eigenvalue weighted by atomic mass is 10.1. The van der Waals surface area contributed by atoms with Crippen LogP contribution in [0.4, 0.5) is 0 Å². The highest BCUT2D eigenvalue weighted by Crippen LogP contribution is 2.38. The number of fused-ring (bicyclic) bond motifs is 1. The summed E-state index contributed by atoms with van der Waals surface area (Å²) in [5, 5.41) is 3.37. The van der Waals surface area contributed by atoms with Gasteiger partial charge in [-0.25, -0.2) is 0 Å². The van der Waals surface area contributed by atoms with Crippen molar-refractivity contribution in [2.75, 3.05) is 39.4 Å². The quantitative estimate of drug-likeness (QED) is 0.901. The van der Waals surface area contributed by atoms with E-state index in [9.17, 15) is 0 Å². The molecular formula is C14H19BrN2O2. The summed E-state index contributed by atoms with van der Waals surface area (Å²) in [6, 6.07) is 4.27. The van der Waals surface area contributed by atoms with Crippen LogP contribution in [0.2, 0.25) is 0 Å². The van der Waals surface area contributed by atoms with E-state index in [0.29, 0.717) is 0 Å². The number of piperazine rings is 1. The zero-order valence-electron chi connectivity index (χ0n) is 11.0. The minimum Gasteiger partial charge on any atom is -0.490 e. The van der Waals surface area contributed by atoms with Gasteiger partial charge in [-0.1, -0.05) is 0 Å². The van der Waals surface area contributed by atoms with Crippen LogP contribution in [0.3, 0.4) is 0 Å². The molecular weight excluding hydrogens is 308 g/mol. The molecule has 0 bridgehead atoms. The summed E-state index contributed by atoms with van der Waals surface area (Å²) < 4.78 is 12.5. The molecule has 104 valence electrons. The molecule has 19 heavy (non-hydrogen) atoms. The number of nitrogens with one attached hydrogen (secondary N) is 1. The van der Waals surface area contributed by atoms with E-state index < -0.39 is 0 Å². The fourth-order valence-electron chi connectivity index (χ4n) is 2.50. The van der Waals surface area contributed by atoms with Crippen LogP contribution < -0.4 is 14.8 Å². The second-order valence-corrected chi connectivity index (χ2v) is 5.84. The summed E-state index contributed by atoms with van der Waals surface area (Å²) in [5.41, 5.74) is 1.28. The molecule has 0 aromatic heterocycles. The summed E-state index contributed by atoms with van der Waals surface area (Å²) in [5.74, 6) is 1.72. The Labute approximate surface area is 122 Å². The number of nitrogens with zero attached hydrogens (tertiary/aromatic N) is 1. The first-order valence-corrected chi connectivity index (χ1v) is 7.63. The molecule has 0 aliphatic carbocycles. The minimum absolute atomic E-state index is 0.725. The maximum atomic E-state index is 5.77. The molecule has 1 aromatic rings. The first kappa shape index (κ1) is 13.2. The van der Waals surface area contributed by atoms with Gasteiger partial charge in [0.15, 0.2) is 11.5 Å². The van der Waals surface area contributed by atoms with Gasteiger partial charge >= 0.3 is 0 Å². The maximum absolute atomic E-state index is 5.77. The normalized spacial score (nSPS) is 20.1. The third kappa shape index (κ3) is 3.22.